The van der Waals surface area contributed by atoms with Gasteiger partial charge in [-0.3, -0.25) is 9.59 Å². The molecule has 140 valence electrons. The normalized spacial score (nSPS) is 18.8. The summed E-state index contributed by atoms with van der Waals surface area (Å²) >= 11 is 3.47. The molecule has 0 bridgehead atoms. The number of piperidine rings is 1. The van der Waals surface area contributed by atoms with Gasteiger partial charge >= 0.3 is 0 Å². The van der Waals surface area contributed by atoms with E-state index in [4.69, 9.17) is 0 Å². The number of nitrogens with one attached hydrogen (secondary N) is 1. The first-order valence-corrected chi connectivity index (χ1v) is 10.0. The summed E-state index contributed by atoms with van der Waals surface area (Å²) in [5, 5.41) is 2.94. The van der Waals surface area contributed by atoms with Crippen molar-refractivity contribution in [2.24, 2.45) is 0 Å². The molecule has 1 fully saturated rings. The molecule has 4 rings (SSSR count). The minimum absolute atomic E-state index is 0.0725. The van der Waals surface area contributed by atoms with Crippen LogP contribution in [-0.2, 0) is 0 Å². The minimum Gasteiger partial charge on any atom is -0.354 e. The Balaban J connectivity index is 1.62. The van der Waals surface area contributed by atoms with Gasteiger partial charge < -0.3 is 15.1 Å². The summed E-state index contributed by atoms with van der Waals surface area (Å²) in [7, 11) is 2.01. The third kappa shape index (κ3) is 3.23. The Labute approximate surface area is 167 Å². The molecule has 6 heteroatoms. The molecule has 1 atom stereocenters. The van der Waals surface area contributed by atoms with Gasteiger partial charge in [0.1, 0.15) is 6.17 Å². The Hall–Kier alpha value is -2.34. The van der Waals surface area contributed by atoms with Gasteiger partial charge in [-0.2, -0.15) is 0 Å². The highest BCUT2D eigenvalue weighted by Gasteiger charge is 2.37. The molecule has 2 aromatic carbocycles. The van der Waals surface area contributed by atoms with E-state index in [-0.39, 0.29) is 18.0 Å². The quantitative estimate of drug-likeness (QED) is 0.771. The second kappa shape index (κ2) is 7.00. The molecular weight excluding hydrogens is 406 g/mol. The highest BCUT2D eigenvalue weighted by atomic mass is 79.9. The number of benzene rings is 2. The number of carbonyl (C=O) groups excluding carboxylic acids is 2. The van der Waals surface area contributed by atoms with Crippen molar-refractivity contribution in [3.8, 4) is 0 Å². The van der Waals surface area contributed by atoms with Gasteiger partial charge in [-0.15, -0.1) is 0 Å². The zero-order valence-corrected chi connectivity index (χ0v) is 17.0. The summed E-state index contributed by atoms with van der Waals surface area (Å²) in [6, 6.07) is 11.1. The number of hydrogen-bond donors (Lipinski definition) is 1. The number of halogens is 1. The number of aryl methyl sites for hydroxylation is 1. The van der Waals surface area contributed by atoms with Crippen LogP contribution in [0.5, 0.6) is 0 Å². The van der Waals surface area contributed by atoms with Gasteiger partial charge in [0.05, 0.1) is 11.3 Å². The van der Waals surface area contributed by atoms with Crippen LogP contribution in [-0.4, -0.2) is 36.5 Å². The van der Waals surface area contributed by atoms with Crippen molar-refractivity contribution in [3.63, 3.8) is 0 Å². The maximum Gasteiger partial charge on any atom is 0.257 e. The summed E-state index contributed by atoms with van der Waals surface area (Å²) in [5.74, 6) is -0.102. The number of amides is 2. The van der Waals surface area contributed by atoms with Crippen LogP contribution in [0.1, 0.15) is 45.5 Å². The van der Waals surface area contributed by atoms with E-state index in [9.17, 15) is 9.59 Å². The zero-order valence-electron chi connectivity index (χ0n) is 15.5. The van der Waals surface area contributed by atoms with E-state index in [0.717, 1.165) is 47.2 Å². The van der Waals surface area contributed by atoms with Crippen LogP contribution in [0.25, 0.3) is 0 Å². The molecule has 2 aliphatic rings. The molecule has 1 N–H and O–H groups in total. The van der Waals surface area contributed by atoms with E-state index in [1.165, 1.54) is 0 Å². The van der Waals surface area contributed by atoms with Crippen molar-refractivity contribution < 1.29 is 9.59 Å². The average Bonchev–Trinajstić information content (AvgIpc) is 2.68. The number of nitrogens with zero attached hydrogens (tertiary/aromatic N) is 2. The smallest absolute Gasteiger partial charge is 0.257 e. The van der Waals surface area contributed by atoms with Gasteiger partial charge in [0, 0.05) is 29.3 Å². The van der Waals surface area contributed by atoms with E-state index >= 15 is 0 Å². The maximum absolute atomic E-state index is 12.8. The maximum atomic E-state index is 12.8. The predicted octanol–water partition coefficient (Wildman–Crippen LogP) is 4.41. The predicted molar refractivity (Wildman–Crippen MR) is 110 cm³/mol. The number of carbonyl (C=O) groups is 2. The van der Waals surface area contributed by atoms with Crippen molar-refractivity contribution in [1.29, 1.82) is 0 Å². The third-order valence-electron chi connectivity index (χ3n) is 5.47. The molecule has 0 aromatic heterocycles. The van der Waals surface area contributed by atoms with Crippen molar-refractivity contribution in [2.75, 3.05) is 23.8 Å². The molecule has 0 spiro atoms. The second-order valence-electron chi connectivity index (χ2n) is 7.24. The van der Waals surface area contributed by atoms with Crippen molar-refractivity contribution >= 4 is 39.1 Å². The number of fused-ring (bicyclic) bond motifs is 2. The van der Waals surface area contributed by atoms with Crippen molar-refractivity contribution in [2.45, 2.75) is 32.4 Å². The monoisotopic (exact) mass is 427 g/mol. The molecule has 0 radical (unpaired) electrons. The summed E-state index contributed by atoms with van der Waals surface area (Å²) in [4.78, 5) is 29.7. The average molecular weight is 428 g/mol. The molecule has 1 saturated heterocycles. The van der Waals surface area contributed by atoms with E-state index in [0.29, 0.717) is 11.1 Å². The fourth-order valence-corrected chi connectivity index (χ4v) is 4.19. The van der Waals surface area contributed by atoms with Gasteiger partial charge in [-0.1, -0.05) is 15.9 Å². The second-order valence-corrected chi connectivity index (χ2v) is 8.09. The third-order valence-corrected chi connectivity index (χ3v) is 6.35. The zero-order chi connectivity index (χ0) is 19.1. The first-order valence-electron chi connectivity index (χ1n) is 9.21. The standard InChI is InChI=1S/C21H22BrN3O2/c1-13-11-15(7-9-17(13)22)23-20(26)14-6-8-16-18(12-14)24(2)19-5-3-4-10-25(19)21(16)27/h6-9,11-12,19H,3-5,10H2,1-2H3,(H,23,26)/t19-/m1/s1. The first-order chi connectivity index (χ1) is 13.0. The Kier molecular flexibility index (Phi) is 4.68. The van der Waals surface area contributed by atoms with E-state index in [2.05, 4.69) is 26.1 Å². The van der Waals surface area contributed by atoms with Crippen LogP contribution < -0.4 is 10.2 Å². The van der Waals surface area contributed by atoms with Crippen LogP contribution in [0.4, 0.5) is 11.4 Å². The summed E-state index contributed by atoms with van der Waals surface area (Å²) in [5.41, 5.74) is 3.87. The van der Waals surface area contributed by atoms with Crippen molar-refractivity contribution in [1.82, 2.24) is 4.90 Å². The lowest BCUT2D eigenvalue weighted by Gasteiger charge is -2.46. The fourth-order valence-electron chi connectivity index (χ4n) is 3.94. The van der Waals surface area contributed by atoms with Crippen LogP contribution in [0.3, 0.4) is 0 Å². The van der Waals surface area contributed by atoms with Gasteiger partial charge in [0.15, 0.2) is 0 Å². The van der Waals surface area contributed by atoms with Crippen LogP contribution in [0, 0.1) is 6.92 Å². The molecule has 0 unspecified atom stereocenters. The first kappa shape index (κ1) is 18.0. The Morgan fingerprint density at radius 1 is 1.19 bits per heavy atom. The number of hydrogen-bond acceptors (Lipinski definition) is 3. The molecule has 2 aromatic rings. The SMILES string of the molecule is Cc1cc(NC(=O)c2ccc3c(c2)N(C)[C@H]2CCCCN2C3=O)ccc1Br. The van der Waals surface area contributed by atoms with Crippen LogP contribution in [0.15, 0.2) is 40.9 Å². The highest BCUT2D eigenvalue weighted by Crippen LogP contribution is 2.35. The Morgan fingerprint density at radius 2 is 2.00 bits per heavy atom. The molecule has 5 nitrogen and oxygen atoms in total. The summed E-state index contributed by atoms with van der Waals surface area (Å²) in [6.07, 6.45) is 3.23. The minimum atomic E-state index is -0.175. The number of rotatable bonds is 2. The van der Waals surface area contributed by atoms with Gasteiger partial charge in [-0.25, -0.2) is 0 Å². The highest BCUT2D eigenvalue weighted by molar-refractivity contribution is 9.10. The van der Waals surface area contributed by atoms with E-state index < -0.39 is 0 Å². The summed E-state index contributed by atoms with van der Waals surface area (Å²) < 4.78 is 1.01. The lowest BCUT2D eigenvalue weighted by Crippen LogP contribution is -2.55. The van der Waals surface area contributed by atoms with Gasteiger partial charge in [0.25, 0.3) is 11.8 Å². The van der Waals surface area contributed by atoms with Gasteiger partial charge in [-0.05, 0) is 68.1 Å². The Bertz CT molecular complexity index is 928. The molecule has 27 heavy (non-hydrogen) atoms. The largest absolute Gasteiger partial charge is 0.354 e. The summed E-state index contributed by atoms with van der Waals surface area (Å²) in [6.45, 7) is 2.79. The molecule has 2 amide bonds. The lowest BCUT2D eigenvalue weighted by atomic mass is 9.97. The topological polar surface area (TPSA) is 52.7 Å². The van der Waals surface area contributed by atoms with Crippen molar-refractivity contribution in [3.05, 3.63) is 57.6 Å². The van der Waals surface area contributed by atoms with Crippen LogP contribution >= 0.6 is 15.9 Å². The van der Waals surface area contributed by atoms with Crippen LogP contribution in [0.2, 0.25) is 0 Å². The molecule has 2 heterocycles. The van der Waals surface area contributed by atoms with Gasteiger partial charge in [0.2, 0.25) is 0 Å². The molecule has 0 saturated carbocycles. The number of anilines is 2. The molecule has 2 aliphatic heterocycles. The van der Waals surface area contributed by atoms with E-state index in [1.807, 2.05) is 43.1 Å². The van der Waals surface area contributed by atoms with E-state index in [1.54, 1.807) is 12.1 Å². The lowest BCUT2D eigenvalue weighted by molar-refractivity contribution is 0.0589. The molecule has 0 aliphatic carbocycles. The Morgan fingerprint density at radius 3 is 2.78 bits per heavy atom. The fraction of sp³-hybridized carbons (Fsp3) is 0.333. The molecular formula is C21H22BrN3O2.